The molecule has 3 rings (SSSR count). The highest BCUT2D eigenvalue weighted by molar-refractivity contribution is 5.96. The van der Waals surface area contributed by atoms with E-state index in [1.165, 1.54) is 33.0 Å². The largest absolute Gasteiger partial charge is 0.316 e. The van der Waals surface area contributed by atoms with Gasteiger partial charge in [0.1, 0.15) is 0 Å². The van der Waals surface area contributed by atoms with Crippen LogP contribution in [0.3, 0.4) is 0 Å². The number of nitrogens with one attached hydrogen (secondary N) is 1. The monoisotopic (exact) mass is 262 g/mol. The van der Waals surface area contributed by atoms with Gasteiger partial charge in [0.15, 0.2) is 0 Å². The SMILES string of the molecule is CNCc1ccc(C)cc1-c1cccc2ccncc12. The fraction of sp³-hybridized carbons (Fsp3) is 0.167. The number of nitrogens with zero attached hydrogens (tertiary/aromatic N) is 1. The van der Waals surface area contributed by atoms with E-state index >= 15 is 0 Å². The van der Waals surface area contributed by atoms with E-state index in [4.69, 9.17) is 0 Å². The van der Waals surface area contributed by atoms with Crippen LogP contribution in [0.1, 0.15) is 11.1 Å². The highest BCUT2D eigenvalue weighted by Crippen LogP contribution is 2.31. The summed E-state index contributed by atoms with van der Waals surface area (Å²) in [5.41, 5.74) is 5.14. The topological polar surface area (TPSA) is 24.9 Å². The minimum absolute atomic E-state index is 0.867. The molecule has 0 bridgehead atoms. The van der Waals surface area contributed by atoms with Gasteiger partial charge >= 0.3 is 0 Å². The Hall–Kier alpha value is -2.19. The third kappa shape index (κ3) is 2.30. The van der Waals surface area contributed by atoms with Crippen molar-refractivity contribution < 1.29 is 0 Å². The van der Waals surface area contributed by atoms with Gasteiger partial charge in [-0.1, -0.05) is 42.0 Å². The molecule has 0 fully saturated rings. The van der Waals surface area contributed by atoms with Gasteiger partial charge in [-0.15, -0.1) is 0 Å². The highest BCUT2D eigenvalue weighted by atomic mass is 14.8. The van der Waals surface area contributed by atoms with Crippen LogP contribution in [0.5, 0.6) is 0 Å². The Morgan fingerprint density at radius 3 is 2.80 bits per heavy atom. The molecule has 0 saturated heterocycles. The van der Waals surface area contributed by atoms with Gasteiger partial charge in [-0.25, -0.2) is 0 Å². The summed E-state index contributed by atoms with van der Waals surface area (Å²) in [6.45, 7) is 3.00. The first-order chi connectivity index (χ1) is 9.79. The van der Waals surface area contributed by atoms with Crippen molar-refractivity contribution in [1.82, 2.24) is 10.3 Å². The van der Waals surface area contributed by atoms with Gasteiger partial charge in [0.2, 0.25) is 0 Å². The van der Waals surface area contributed by atoms with Gasteiger partial charge in [0.25, 0.3) is 0 Å². The second-order valence-electron chi connectivity index (χ2n) is 5.09. The van der Waals surface area contributed by atoms with E-state index in [9.17, 15) is 0 Å². The van der Waals surface area contributed by atoms with Crippen molar-refractivity contribution in [2.45, 2.75) is 13.5 Å². The Morgan fingerprint density at radius 2 is 1.95 bits per heavy atom. The van der Waals surface area contributed by atoms with Crippen molar-refractivity contribution in [3.63, 3.8) is 0 Å². The molecule has 0 atom stereocenters. The molecule has 0 saturated carbocycles. The predicted molar refractivity (Wildman–Crippen MR) is 84.7 cm³/mol. The van der Waals surface area contributed by atoms with Crippen molar-refractivity contribution in [2.75, 3.05) is 7.05 Å². The van der Waals surface area contributed by atoms with E-state index in [1.54, 1.807) is 0 Å². The van der Waals surface area contributed by atoms with E-state index in [0.29, 0.717) is 0 Å². The van der Waals surface area contributed by atoms with Crippen molar-refractivity contribution in [3.8, 4) is 11.1 Å². The highest BCUT2D eigenvalue weighted by Gasteiger charge is 2.08. The Bertz CT molecular complexity index is 742. The van der Waals surface area contributed by atoms with Gasteiger partial charge in [0, 0.05) is 24.3 Å². The maximum absolute atomic E-state index is 4.28. The average Bonchev–Trinajstić information content (AvgIpc) is 2.49. The molecule has 0 amide bonds. The van der Waals surface area contributed by atoms with E-state index < -0.39 is 0 Å². The number of rotatable bonds is 3. The smallest absolute Gasteiger partial charge is 0.0352 e. The normalized spacial score (nSPS) is 10.9. The standard InChI is InChI=1S/C18H18N2/c1-13-6-7-15(11-19-2)17(10-13)16-5-3-4-14-8-9-20-12-18(14)16/h3-10,12,19H,11H2,1-2H3. The van der Waals surface area contributed by atoms with Crippen molar-refractivity contribution in [3.05, 3.63) is 66.0 Å². The van der Waals surface area contributed by atoms with Crippen LogP contribution in [-0.2, 0) is 6.54 Å². The second kappa shape index (κ2) is 5.43. The van der Waals surface area contributed by atoms with Crippen LogP contribution < -0.4 is 5.32 Å². The van der Waals surface area contributed by atoms with Crippen LogP contribution in [-0.4, -0.2) is 12.0 Å². The third-order valence-electron chi connectivity index (χ3n) is 3.61. The molecular formula is C18H18N2. The van der Waals surface area contributed by atoms with Crippen LogP contribution in [0.15, 0.2) is 54.9 Å². The van der Waals surface area contributed by atoms with E-state index in [1.807, 2.05) is 19.4 Å². The van der Waals surface area contributed by atoms with Gasteiger partial charge in [-0.2, -0.15) is 0 Å². The number of hydrogen-bond acceptors (Lipinski definition) is 2. The summed E-state index contributed by atoms with van der Waals surface area (Å²) < 4.78 is 0. The number of aryl methyl sites for hydroxylation is 1. The Labute approximate surface area is 119 Å². The molecule has 0 spiro atoms. The number of fused-ring (bicyclic) bond motifs is 1. The molecule has 0 radical (unpaired) electrons. The molecule has 1 N–H and O–H groups in total. The van der Waals surface area contributed by atoms with Crippen LogP contribution in [0, 0.1) is 6.92 Å². The Balaban J connectivity index is 2.27. The molecule has 1 aromatic heterocycles. The molecule has 0 aliphatic rings. The minimum Gasteiger partial charge on any atom is -0.316 e. The zero-order chi connectivity index (χ0) is 13.9. The molecule has 1 heterocycles. The number of aromatic nitrogens is 1. The van der Waals surface area contributed by atoms with Gasteiger partial charge in [-0.3, -0.25) is 4.98 Å². The molecule has 0 aliphatic carbocycles. The Morgan fingerprint density at radius 1 is 1.05 bits per heavy atom. The second-order valence-corrected chi connectivity index (χ2v) is 5.09. The first kappa shape index (κ1) is 12.8. The van der Waals surface area contributed by atoms with Crippen LogP contribution in [0.25, 0.3) is 21.9 Å². The molecule has 20 heavy (non-hydrogen) atoms. The van der Waals surface area contributed by atoms with Crippen LogP contribution in [0.4, 0.5) is 0 Å². The van der Waals surface area contributed by atoms with Crippen molar-refractivity contribution in [2.24, 2.45) is 0 Å². The fourth-order valence-corrected chi connectivity index (χ4v) is 2.63. The molecule has 0 unspecified atom stereocenters. The van der Waals surface area contributed by atoms with Gasteiger partial charge < -0.3 is 5.32 Å². The van der Waals surface area contributed by atoms with Crippen LogP contribution >= 0.6 is 0 Å². The van der Waals surface area contributed by atoms with E-state index in [2.05, 4.69) is 59.7 Å². The van der Waals surface area contributed by atoms with Gasteiger partial charge in [-0.05, 0) is 42.1 Å². The van der Waals surface area contributed by atoms with Gasteiger partial charge in [0.05, 0.1) is 0 Å². The zero-order valence-corrected chi connectivity index (χ0v) is 11.9. The molecule has 2 nitrogen and oxygen atoms in total. The summed E-state index contributed by atoms with van der Waals surface area (Å²) in [5.74, 6) is 0. The molecular weight excluding hydrogens is 244 g/mol. The maximum atomic E-state index is 4.28. The lowest BCUT2D eigenvalue weighted by Crippen LogP contribution is -2.06. The van der Waals surface area contributed by atoms with Crippen molar-refractivity contribution >= 4 is 10.8 Å². The minimum atomic E-state index is 0.867. The first-order valence-electron chi connectivity index (χ1n) is 6.87. The summed E-state index contributed by atoms with van der Waals surface area (Å²) >= 11 is 0. The summed E-state index contributed by atoms with van der Waals surface area (Å²) in [7, 11) is 1.98. The van der Waals surface area contributed by atoms with Crippen molar-refractivity contribution in [1.29, 1.82) is 0 Å². The lowest BCUT2D eigenvalue weighted by molar-refractivity contribution is 0.819. The zero-order valence-electron chi connectivity index (χ0n) is 11.9. The summed E-state index contributed by atoms with van der Waals surface area (Å²) in [6, 6.07) is 15.1. The summed E-state index contributed by atoms with van der Waals surface area (Å²) in [6.07, 6.45) is 3.80. The number of benzene rings is 2. The lowest BCUT2D eigenvalue weighted by Gasteiger charge is -2.13. The fourth-order valence-electron chi connectivity index (χ4n) is 2.63. The molecule has 0 aliphatic heterocycles. The number of hydrogen-bond donors (Lipinski definition) is 1. The molecule has 3 aromatic rings. The summed E-state index contributed by atoms with van der Waals surface area (Å²) in [4.78, 5) is 4.28. The maximum Gasteiger partial charge on any atom is 0.0352 e. The third-order valence-corrected chi connectivity index (χ3v) is 3.61. The first-order valence-corrected chi connectivity index (χ1v) is 6.87. The summed E-state index contributed by atoms with van der Waals surface area (Å²) in [5, 5.41) is 5.68. The molecule has 100 valence electrons. The lowest BCUT2D eigenvalue weighted by atomic mass is 9.94. The quantitative estimate of drug-likeness (QED) is 0.773. The van der Waals surface area contributed by atoms with E-state index in [-0.39, 0.29) is 0 Å². The molecule has 2 aromatic carbocycles. The average molecular weight is 262 g/mol. The Kier molecular flexibility index (Phi) is 3.48. The van der Waals surface area contributed by atoms with Crippen LogP contribution in [0.2, 0.25) is 0 Å². The van der Waals surface area contributed by atoms with E-state index in [0.717, 1.165) is 6.54 Å². The molecule has 2 heteroatoms. The number of pyridine rings is 1. The predicted octanol–water partition coefficient (Wildman–Crippen LogP) is 3.93.